The lowest BCUT2D eigenvalue weighted by molar-refractivity contribution is -0.127. The third kappa shape index (κ3) is 1.66. The molecular weight excluding hydrogens is 276 g/mol. The third-order valence-electron chi connectivity index (χ3n) is 7.16. The summed E-state index contributed by atoms with van der Waals surface area (Å²) in [4.78, 5) is 24.2. The number of aliphatic hydroxyl groups excluding tert-OH is 1. The second kappa shape index (κ2) is 4.41. The van der Waals surface area contributed by atoms with Crippen LogP contribution in [-0.4, -0.2) is 22.8 Å². The molecule has 3 nitrogen and oxygen atoms in total. The van der Waals surface area contributed by atoms with E-state index in [2.05, 4.69) is 26.0 Å². The maximum atomic E-state index is 12.3. The van der Waals surface area contributed by atoms with Crippen molar-refractivity contribution >= 4 is 11.6 Å². The first-order chi connectivity index (χ1) is 10.4. The monoisotopic (exact) mass is 300 g/mol. The van der Waals surface area contributed by atoms with E-state index in [-0.39, 0.29) is 16.6 Å². The first kappa shape index (κ1) is 14.4. The van der Waals surface area contributed by atoms with Gasteiger partial charge in [0.05, 0.1) is 0 Å². The highest BCUT2D eigenvalue weighted by molar-refractivity contribution is 5.95. The van der Waals surface area contributed by atoms with Gasteiger partial charge in [-0.25, -0.2) is 0 Å². The molecule has 2 fully saturated rings. The molecule has 1 unspecified atom stereocenters. The second-order valence-electron chi connectivity index (χ2n) is 8.15. The molecule has 22 heavy (non-hydrogen) atoms. The molecule has 4 aliphatic rings. The van der Waals surface area contributed by atoms with Crippen LogP contribution in [0.1, 0.15) is 46.0 Å². The van der Waals surface area contributed by atoms with E-state index >= 15 is 0 Å². The average molecular weight is 300 g/mol. The number of hydrogen-bond acceptors (Lipinski definition) is 3. The van der Waals surface area contributed by atoms with E-state index < -0.39 is 6.10 Å². The summed E-state index contributed by atoms with van der Waals surface area (Å²) in [5, 5.41) is 10.1. The topological polar surface area (TPSA) is 54.4 Å². The number of carbonyl (C=O) groups is 2. The van der Waals surface area contributed by atoms with Crippen molar-refractivity contribution in [2.45, 2.75) is 52.1 Å². The normalized spacial score (nSPS) is 50.2. The average Bonchev–Trinajstić information content (AvgIpc) is 2.77. The molecule has 0 amide bonds. The van der Waals surface area contributed by atoms with E-state index in [1.807, 2.05) is 0 Å². The van der Waals surface area contributed by atoms with Gasteiger partial charge in [0, 0.05) is 11.8 Å². The Labute approximate surface area is 131 Å². The fraction of sp³-hybridized carbons (Fsp3) is 0.684. The van der Waals surface area contributed by atoms with Gasteiger partial charge in [-0.2, -0.15) is 0 Å². The van der Waals surface area contributed by atoms with Gasteiger partial charge in [0.15, 0.2) is 5.78 Å². The molecule has 0 saturated heterocycles. The van der Waals surface area contributed by atoms with Crippen molar-refractivity contribution < 1.29 is 14.7 Å². The van der Waals surface area contributed by atoms with Crippen LogP contribution in [0.4, 0.5) is 0 Å². The lowest BCUT2D eigenvalue weighted by Gasteiger charge is -2.54. The molecular formula is C19H24O3. The van der Waals surface area contributed by atoms with E-state index in [0.29, 0.717) is 36.4 Å². The van der Waals surface area contributed by atoms with Gasteiger partial charge in [-0.3, -0.25) is 9.59 Å². The van der Waals surface area contributed by atoms with Crippen molar-refractivity contribution in [3.8, 4) is 0 Å². The molecule has 118 valence electrons. The summed E-state index contributed by atoms with van der Waals surface area (Å²) >= 11 is 0. The molecule has 0 spiro atoms. The predicted octanol–water partition coefficient (Wildman–Crippen LogP) is 2.83. The number of aliphatic hydroxyl groups is 1. The van der Waals surface area contributed by atoms with Gasteiger partial charge < -0.3 is 5.11 Å². The first-order valence-electron chi connectivity index (χ1n) is 8.52. The number of carbonyl (C=O) groups excluding carboxylic acids is 2. The molecule has 4 aliphatic carbocycles. The Hall–Kier alpha value is -1.22. The maximum Gasteiger partial charge on any atom is 0.184 e. The van der Waals surface area contributed by atoms with Crippen LogP contribution in [0, 0.1) is 28.6 Å². The van der Waals surface area contributed by atoms with Crippen molar-refractivity contribution in [2.24, 2.45) is 28.6 Å². The molecule has 0 aromatic rings. The zero-order valence-electron chi connectivity index (χ0n) is 13.3. The number of fused-ring (bicyclic) bond motifs is 5. The highest BCUT2D eigenvalue weighted by Gasteiger charge is 2.57. The van der Waals surface area contributed by atoms with Crippen LogP contribution in [-0.2, 0) is 9.59 Å². The van der Waals surface area contributed by atoms with Crippen molar-refractivity contribution in [3.05, 3.63) is 23.8 Å². The zero-order chi connectivity index (χ0) is 15.7. The molecule has 4 rings (SSSR count). The van der Waals surface area contributed by atoms with Crippen molar-refractivity contribution in [2.75, 3.05) is 0 Å². The SMILES string of the molecule is C[C@]12CC(O)C(=O)C=C1CC[C@@H]1[C@@H]2C=C[C@]2(C)C(=O)CC[C@@H]12. The summed E-state index contributed by atoms with van der Waals surface area (Å²) in [5.41, 5.74) is 0.809. The number of ketones is 2. The fourth-order valence-corrected chi connectivity index (χ4v) is 5.80. The van der Waals surface area contributed by atoms with E-state index in [1.165, 1.54) is 5.57 Å². The van der Waals surface area contributed by atoms with Crippen LogP contribution >= 0.6 is 0 Å². The Balaban J connectivity index is 1.77. The molecule has 0 heterocycles. The van der Waals surface area contributed by atoms with Gasteiger partial charge in [0.1, 0.15) is 11.9 Å². The van der Waals surface area contributed by atoms with Gasteiger partial charge >= 0.3 is 0 Å². The Bertz CT molecular complexity index is 616. The van der Waals surface area contributed by atoms with Crippen LogP contribution in [0.2, 0.25) is 0 Å². The molecule has 0 radical (unpaired) electrons. The number of hydrogen-bond donors (Lipinski definition) is 1. The fourth-order valence-electron chi connectivity index (χ4n) is 5.80. The van der Waals surface area contributed by atoms with E-state index in [0.717, 1.165) is 19.3 Å². The molecule has 0 aromatic carbocycles. The van der Waals surface area contributed by atoms with Crippen molar-refractivity contribution in [1.29, 1.82) is 0 Å². The molecule has 2 saturated carbocycles. The number of allylic oxidation sites excluding steroid dienone is 3. The van der Waals surface area contributed by atoms with Gasteiger partial charge in [0.25, 0.3) is 0 Å². The summed E-state index contributed by atoms with van der Waals surface area (Å²) in [5.74, 6) is 1.54. The second-order valence-corrected chi connectivity index (χ2v) is 8.15. The highest BCUT2D eigenvalue weighted by Crippen LogP contribution is 2.61. The van der Waals surface area contributed by atoms with Gasteiger partial charge in [0.2, 0.25) is 0 Å². The van der Waals surface area contributed by atoms with Crippen LogP contribution in [0.25, 0.3) is 0 Å². The van der Waals surface area contributed by atoms with Crippen molar-refractivity contribution in [1.82, 2.24) is 0 Å². The van der Waals surface area contributed by atoms with E-state index in [1.54, 1.807) is 6.08 Å². The number of rotatable bonds is 0. The smallest absolute Gasteiger partial charge is 0.184 e. The summed E-state index contributed by atoms with van der Waals surface area (Å²) in [6, 6.07) is 0. The lowest BCUT2D eigenvalue weighted by atomic mass is 9.49. The lowest BCUT2D eigenvalue weighted by Crippen LogP contribution is -2.50. The molecule has 0 aromatic heterocycles. The van der Waals surface area contributed by atoms with Crippen LogP contribution in [0.5, 0.6) is 0 Å². The largest absolute Gasteiger partial charge is 0.385 e. The van der Waals surface area contributed by atoms with Crippen molar-refractivity contribution in [3.63, 3.8) is 0 Å². The Morgan fingerprint density at radius 2 is 1.95 bits per heavy atom. The van der Waals surface area contributed by atoms with Crippen LogP contribution in [0.3, 0.4) is 0 Å². The minimum atomic E-state index is -0.862. The van der Waals surface area contributed by atoms with Gasteiger partial charge in [-0.05, 0) is 61.9 Å². The zero-order valence-corrected chi connectivity index (χ0v) is 13.3. The van der Waals surface area contributed by atoms with Crippen LogP contribution < -0.4 is 0 Å². The summed E-state index contributed by atoms with van der Waals surface area (Å²) in [6.45, 7) is 4.31. The minimum absolute atomic E-state index is 0.125. The number of Topliss-reactive ketones (excluding diaryl/α,β-unsaturated/α-hetero) is 1. The summed E-state index contributed by atoms with van der Waals surface area (Å²) in [7, 11) is 0. The molecule has 0 aliphatic heterocycles. The van der Waals surface area contributed by atoms with Crippen LogP contribution in [0.15, 0.2) is 23.8 Å². The molecule has 1 N–H and O–H groups in total. The minimum Gasteiger partial charge on any atom is -0.385 e. The Morgan fingerprint density at radius 3 is 2.73 bits per heavy atom. The molecule has 6 atom stereocenters. The van der Waals surface area contributed by atoms with E-state index in [9.17, 15) is 14.7 Å². The standard InChI is InChI=1S/C19H24O3/c1-18-8-7-14-12(13(18)5-6-17(18)22)4-3-11-9-15(20)16(21)10-19(11,14)2/h7-9,12-14,16,21H,3-6,10H2,1-2H3/t12-,13-,14-,16?,18-,19-/m0/s1. The quantitative estimate of drug-likeness (QED) is 0.700. The maximum absolute atomic E-state index is 12.3. The summed E-state index contributed by atoms with van der Waals surface area (Å²) < 4.78 is 0. The Morgan fingerprint density at radius 1 is 1.18 bits per heavy atom. The highest BCUT2D eigenvalue weighted by atomic mass is 16.3. The van der Waals surface area contributed by atoms with Gasteiger partial charge in [-0.15, -0.1) is 0 Å². The van der Waals surface area contributed by atoms with Gasteiger partial charge in [-0.1, -0.05) is 24.6 Å². The molecule has 0 bridgehead atoms. The first-order valence-corrected chi connectivity index (χ1v) is 8.52. The predicted molar refractivity (Wildman–Crippen MR) is 83.0 cm³/mol. The molecule has 3 heteroatoms. The Kier molecular flexibility index (Phi) is 2.88. The summed E-state index contributed by atoms with van der Waals surface area (Å²) in [6.07, 6.45) is 9.45. The third-order valence-corrected chi connectivity index (χ3v) is 7.16. The van der Waals surface area contributed by atoms with E-state index in [4.69, 9.17) is 0 Å².